The van der Waals surface area contributed by atoms with E-state index < -0.39 is 11.7 Å². The van der Waals surface area contributed by atoms with Crippen LogP contribution in [-0.2, 0) is 12.6 Å². The quantitative estimate of drug-likeness (QED) is 0.809. The molecule has 0 aliphatic heterocycles. The van der Waals surface area contributed by atoms with Crippen molar-refractivity contribution in [2.45, 2.75) is 12.6 Å². The number of aliphatic hydroxyl groups is 1. The van der Waals surface area contributed by atoms with Crippen LogP contribution in [0.1, 0.15) is 11.4 Å². The van der Waals surface area contributed by atoms with Gasteiger partial charge in [0.1, 0.15) is 11.3 Å². The number of fused-ring (bicyclic) bond motifs is 1. The van der Waals surface area contributed by atoms with Gasteiger partial charge in [-0.1, -0.05) is 0 Å². The highest BCUT2D eigenvalue weighted by atomic mass is 19.4. The van der Waals surface area contributed by atoms with E-state index in [9.17, 15) is 13.2 Å². The average molecular weight is 307 g/mol. The summed E-state index contributed by atoms with van der Waals surface area (Å²) in [6.45, 7) is -0.107. The summed E-state index contributed by atoms with van der Waals surface area (Å²) >= 11 is 0. The van der Waals surface area contributed by atoms with Crippen LogP contribution in [-0.4, -0.2) is 26.2 Å². The van der Waals surface area contributed by atoms with Crippen molar-refractivity contribution in [1.82, 2.24) is 14.5 Å². The predicted molar refractivity (Wildman–Crippen MR) is 74.7 cm³/mol. The number of rotatable bonds is 3. The predicted octanol–water partition coefficient (Wildman–Crippen LogP) is 2.97. The zero-order chi connectivity index (χ0) is 15.7. The number of imidazole rings is 1. The van der Waals surface area contributed by atoms with E-state index in [1.807, 2.05) is 0 Å². The molecule has 0 saturated carbocycles. The van der Waals surface area contributed by atoms with Gasteiger partial charge in [-0.3, -0.25) is 4.57 Å². The molecular formula is C15H12F3N3O. The number of hydrogen-bond acceptors (Lipinski definition) is 3. The molecule has 0 spiro atoms. The van der Waals surface area contributed by atoms with Crippen LogP contribution in [0.15, 0.2) is 42.6 Å². The summed E-state index contributed by atoms with van der Waals surface area (Å²) in [5.74, 6) is 0.552. The molecular weight excluding hydrogens is 295 g/mol. The van der Waals surface area contributed by atoms with Crippen molar-refractivity contribution >= 4 is 11.2 Å². The standard InChI is InChI=1S/C15H12F3N3O/c16-15(17,18)10-3-5-11(6-4-10)21-13(7-9-22)20-12-2-1-8-19-14(12)21/h1-6,8,22H,7,9H2. The number of pyridine rings is 1. The van der Waals surface area contributed by atoms with Crippen LogP contribution in [0.4, 0.5) is 13.2 Å². The Morgan fingerprint density at radius 1 is 1.09 bits per heavy atom. The molecule has 4 nitrogen and oxygen atoms in total. The Kier molecular flexibility index (Phi) is 3.58. The third kappa shape index (κ3) is 2.55. The zero-order valence-corrected chi connectivity index (χ0v) is 11.4. The third-order valence-electron chi connectivity index (χ3n) is 3.27. The van der Waals surface area contributed by atoms with Crippen LogP contribution in [0, 0.1) is 0 Å². The molecule has 0 unspecified atom stereocenters. The second-order valence-corrected chi connectivity index (χ2v) is 4.73. The van der Waals surface area contributed by atoms with Crippen molar-refractivity contribution in [3.63, 3.8) is 0 Å². The largest absolute Gasteiger partial charge is 0.416 e. The van der Waals surface area contributed by atoms with E-state index >= 15 is 0 Å². The van der Waals surface area contributed by atoms with Gasteiger partial charge in [0.25, 0.3) is 0 Å². The average Bonchev–Trinajstić information content (AvgIpc) is 2.85. The Morgan fingerprint density at radius 3 is 2.45 bits per heavy atom. The van der Waals surface area contributed by atoms with Crippen LogP contribution < -0.4 is 0 Å². The Morgan fingerprint density at radius 2 is 1.82 bits per heavy atom. The molecule has 3 aromatic rings. The maximum atomic E-state index is 12.7. The topological polar surface area (TPSA) is 50.9 Å². The van der Waals surface area contributed by atoms with Gasteiger partial charge < -0.3 is 5.11 Å². The first-order valence-corrected chi connectivity index (χ1v) is 6.61. The van der Waals surface area contributed by atoms with Crippen LogP contribution in [0.5, 0.6) is 0 Å². The molecule has 7 heteroatoms. The van der Waals surface area contributed by atoms with Gasteiger partial charge in [-0.05, 0) is 36.4 Å². The molecule has 2 aromatic heterocycles. The fraction of sp³-hybridized carbons (Fsp3) is 0.200. The van der Waals surface area contributed by atoms with Gasteiger partial charge in [-0.25, -0.2) is 9.97 Å². The number of nitrogens with zero attached hydrogens (tertiary/aromatic N) is 3. The first-order valence-electron chi connectivity index (χ1n) is 6.61. The molecule has 114 valence electrons. The highest BCUT2D eigenvalue weighted by Gasteiger charge is 2.30. The lowest BCUT2D eigenvalue weighted by Crippen LogP contribution is -2.07. The molecule has 3 rings (SSSR count). The summed E-state index contributed by atoms with van der Waals surface area (Å²) in [5.41, 5.74) is 0.992. The normalized spacial score (nSPS) is 12.0. The van der Waals surface area contributed by atoms with Crippen molar-refractivity contribution < 1.29 is 18.3 Å². The molecule has 0 aliphatic carbocycles. The van der Waals surface area contributed by atoms with Crippen molar-refractivity contribution in [3.8, 4) is 5.69 Å². The molecule has 0 radical (unpaired) electrons. The Bertz CT molecular complexity index is 794. The third-order valence-corrected chi connectivity index (χ3v) is 3.27. The summed E-state index contributed by atoms with van der Waals surface area (Å²) in [7, 11) is 0. The summed E-state index contributed by atoms with van der Waals surface area (Å²) in [6.07, 6.45) is -2.49. The van der Waals surface area contributed by atoms with Gasteiger partial charge in [-0.15, -0.1) is 0 Å². The minimum absolute atomic E-state index is 0.107. The monoisotopic (exact) mass is 307 g/mol. The minimum atomic E-state index is -4.37. The lowest BCUT2D eigenvalue weighted by molar-refractivity contribution is -0.137. The molecule has 0 aliphatic rings. The van der Waals surface area contributed by atoms with Crippen molar-refractivity contribution in [3.05, 3.63) is 54.0 Å². The molecule has 0 atom stereocenters. The van der Waals surface area contributed by atoms with Gasteiger partial charge in [0.15, 0.2) is 5.65 Å². The molecule has 0 saturated heterocycles. The van der Waals surface area contributed by atoms with E-state index in [0.29, 0.717) is 22.7 Å². The molecule has 2 heterocycles. The molecule has 1 N–H and O–H groups in total. The molecule has 0 fully saturated rings. The van der Waals surface area contributed by atoms with E-state index in [1.54, 1.807) is 22.9 Å². The van der Waals surface area contributed by atoms with E-state index in [2.05, 4.69) is 9.97 Å². The minimum Gasteiger partial charge on any atom is -0.396 e. The summed E-state index contributed by atoms with van der Waals surface area (Å²) in [5, 5.41) is 9.14. The first kappa shape index (κ1) is 14.5. The Labute approximate surface area is 123 Å². The van der Waals surface area contributed by atoms with E-state index in [1.165, 1.54) is 12.1 Å². The maximum absolute atomic E-state index is 12.7. The van der Waals surface area contributed by atoms with E-state index in [-0.39, 0.29) is 13.0 Å². The highest BCUT2D eigenvalue weighted by molar-refractivity contribution is 5.73. The molecule has 22 heavy (non-hydrogen) atoms. The lowest BCUT2D eigenvalue weighted by Gasteiger charge is -2.10. The van der Waals surface area contributed by atoms with Gasteiger partial charge in [0.2, 0.25) is 0 Å². The summed E-state index contributed by atoms with van der Waals surface area (Å²) < 4.78 is 39.6. The number of halogens is 3. The molecule has 1 aromatic carbocycles. The number of alkyl halides is 3. The Hall–Kier alpha value is -2.41. The lowest BCUT2D eigenvalue weighted by atomic mass is 10.2. The van der Waals surface area contributed by atoms with E-state index in [0.717, 1.165) is 12.1 Å². The second-order valence-electron chi connectivity index (χ2n) is 4.73. The highest BCUT2D eigenvalue weighted by Crippen LogP contribution is 2.30. The van der Waals surface area contributed by atoms with Crippen LogP contribution in [0.2, 0.25) is 0 Å². The van der Waals surface area contributed by atoms with Gasteiger partial charge >= 0.3 is 6.18 Å². The molecule has 0 bridgehead atoms. The van der Waals surface area contributed by atoms with Crippen LogP contribution >= 0.6 is 0 Å². The zero-order valence-electron chi connectivity index (χ0n) is 11.4. The maximum Gasteiger partial charge on any atom is 0.416 e. The van der Waals surface area contributed by atoms with Gasteiger partial charge in [0.05, 0.1) is 12.2 Å². The number of aliphatic hydroxyl groups excluding tert-OH is 1. The Balaban J connectivity index is 2.14. The fourth-order valence-corrected chi connectivity index (χ4v) is 2.30. The SMILES string of the molecule is OCCc1nc2cccnc2n1-c1ccc(C(F)(F)F)cc1. The van der Waals surface area contributed by atoms with Gasteiger partial charge in [0, 0.05) is 18.3 Å². The van der Waals surface area contributed by atoms with E-state index in [4.69, 9.17) is 5.11 Å². The second kappa shape index (κ2) is 5.42. The number of aromatic nitrogens is 3. The van der Waals surface area contributed by atoms with Gasteiger partial charge in [-0.2, -0.15) is 13.2 Å². The van der Waals surface area contributed by atoms with Crippen molar-refractivity contribution in [1.29, 1.82) is 0 Å². The number of hydrogen-bond donors (Lipinski definition) is 1. The number of benzene rings is 1. The van der Waals surface area contributed by atoms with Crippen LogP contribution in [0.25, 0.3) is 16.9 Å². The van der Waals surface area contributed by atoms with Crippen molar-refractivity contribution in [2.75, 3.05) is 6.61 Å². The smallest absolute Gasteiger partial charge is 0.396 e. The summed E-state index contributed by atoms with van der Waals surface area (Å²) in [6, 6.07) is 8.29. The first-order chi connectivity index (χ1) is 10.5. The van der Waals surface area contributed by atoms with Crippen molar-refractivity contribution in [2.24, 2.45) is 0 Å². The summed E-state index contributed by atoms with van der Waals surface area (Å²) in [4.78, 5) is 8.60. The van der Waals surface area contributed by atoms with Crippen LogP contribution in [0.3, 0.4) is 0 Å². The fourth-order valence-electron chi connectivity index (χ4n) is 2.30. The molecule has 0 amide bonds.